The minimum atomic E-state index is 0.0780. The zero-order valence-corrected chi connectivity index (χ0v) is 7.46. The lowest BCUT2D eigenvalue weighted by molar-refractivity contribution is 0.349. The second-order valence-electron chi connectivity index (χ2n) is 3.28. The number of furan rings is 1. The molecule has 0 unspecified atom stereocenters. The Labute approximate surface area is 81.3 Å². The van der Waals surface area contributed by atoms with Crippen LogP contribution in [0.2, 0.25) is 0 Å². The lowest BCUT2D eigenvalue weighted by atomic mass is 10.1. The van der Waals surface area contributed by atoms with E-state index in [4.69, 9.17) is 9.15 Å². The van der Waals surface area contributed by atoms with Gasteiger partial charge >= 0.3 is 0 Å². The molecule has 0 spiro atoms. The van der Waals surface area contributed by atoms with E-state index in [1.54, 1.807) is 12.5 Å². The van der Waals surface area contributed by atoms with Gasteiger partial charge < -0.3 is 9.15 Å². The van der Waals surface area contributed by atoms with Crippen molar-refractivity contribution in [2.24, 2.45) is 0 Å². The van der Waals surface area contributed by atoms with Crippen molar-refractivity contribution in [1.82, 2.24) is 4.98 Å². The van der Waals surface area contributed by atoms with Gasteiger partial charge in [-0.1, -0.05) is 6.07 Å². The van der Waals surface area contributed by atoms with Crippen LogP contribution in [0.5, 0.6) is 0 Å². The molecular weight excluding hydrogens is 178 g/mol. The summed E-state index contributed by atoms with van der Waals surface area (Å²) < 4.78 is 10.8. The molecule has 2 aromatic rings. The van der Waals surface area contributed by atoms with Crippen LogP contribution in [0.25, 0.3) is 0 Å². The van der Waals surface area contributed by atoms with Gasteiger partial charge in [0.05, 0.1) is 6.26 Å². The Morgan fingerprint density at radius 2 is 2.14 bits per heavy atom. The van der Waals surface area contributed by atoms with Gasteiger partial charge in [0.2, 0.25) is 0 Å². The van der Waals surface area contributed by atoms with Gasteiger partial charge in [-0.3, -0.25) is 4.98 Å². The van der Waals surface area contributed by atoms with E-state index in [2.05, 4.69) is 4.98 Å². The third-order valence-corrected chi connectivity index (χ3v) is 2.33. The van der Waals surface area contributed by atoms with E-state index in [9.17, 15) is 0 Å². The van der Waals surface area contributed by atoms with E-state index >= 15 is 0 Å². The molecule has 0 N–H and O–H groups in total. The molecule has 0 aliphatic carbocycles. The summed E-state index contributed by atoms with van der Waals surface area (Å²) in [4.78, 5) is 4.05. The summed E-state index contributed by atoms with van der Waals surface area (Å²) in [5.41, 5.74) is 1.11. The molecular formula is C11H9NO2. The van der Waals surface area contributed by atoms with Crippen molar-refractivity contribution in [3.8, 4) is 0 Å². The number of rotatable bonds is 2. The third kappa shape index (κ3) is 1.22. The van der Waals surface area contributed by atoms with Crippen LogP contribution in [0, 0.1) is 0 Å². The maximum atomic E-state index is 5.51. The Morgan fingerprint density at radius 3 is 2.86 bits per heavy atom. The summed E-state index contributed by atoms with van der Waals surface area (Å²) >= 11 is 0. The fourth-order valence-electron chi connectivity index (χ4n) is 1.58. The number of pyridine rings is 1. The first-order valence-corrected chi connectivity index (χ1v) is 4.54. The number of hydrogen-bond acceptors (Lipinski definition) is 3. The Kier molecular flexibility index (Phi) is 1.64. The molecule has 1 aliphatic rings. The minimum Gasteiger partial charge on any atom is -0.466 e. The molecule has 0 amide bonds. The van der Waals surface area contributed by atoms with E-state index in [0.717, 1.165) is 11.3 Å². The summed E-state index contributed by atoms with van der Waals surface area (Å²) in [5, 5.41) is 0. The molecule has 3 nitrogen and oxygen atoms in total. The van der Waals surface area contributed by atoms with E-state index in [0.29, 0.717) is 0 Å². The molecule has 1 fully saturated rings. The van der Waals surface area contributed by atoms with Crippen molar-refractivity contribution in [3.63, 3.8) is 0 Å². The first-order chi connectivity index (χ1) is 6.95. The minimum absolute atomic E-state index is 0.0780. The van der Waals surface area contributed by atoms with Crippen LogP contribution in [-0.4, -0.2) is 4.98 Å². The third-order valence-electron chi connectivity index (χ3n) is 2.33. The maximum absolute atomic E-state index is 5.51. The predicted molar refractivity (Wildman–Crippen MR) is 49.5 cm³/mol. The lowest BCUT2D eigenvalue weighted by Gasteiger charge is -1.91. The van der Waals surface area contributed by atoms with Crippen LogP contribution in [0.4, 0.5) is 0 Å². The predicted octanol–water partition coefficient (Wildman–Crippen LogP) is 2.49. The second-order valence-corrected chi connectivity index (χ2v) is 3.28. The topological polar surface area (TPSA) is 38.6 Å². The van der Waals surface area contributed by atoms with Crippen LogP contribution in [0.3, 0.4) is 0 Å². The highest BCUT2D eigenvalue weighted by Crippen LogP contribution is 2.50. The van der Waals surface area contributed by atoms with Gasteiger partial charge in [0.25, 0.3) is 0 Å². The second kappa shape index (κ2) is 2.96. The van der Waals surface area contributed by atoms with Gasteiger partial charge in [-0.25, -0.2) is 0 Å². The summed E-state index contributed by atoms with van der Waals surface area (Å²) in [5.74, 6) is 0.888. The maximum Gasteiger partial charge on any atom is 0.146 e. The number of hydrogen-bond donors (Lipinski definition) is 0. The number of nitrogens with zero attached hydrogens (tertiary/aromatic N) is 1. The van der Waals surface area contributed by atoms with Gasteiger partial charge in [-0.15, -0.1) is 0 Å². The highest BCUT2D eigenvalue weighted by atomic mass is 16.6. The molecule has 0 bridgehead atoms. The van der Waals surface area contributed by atoms with E-state index < -0.39 is 0 Å². The van der Waals surface area contributed by atoms with Crippen molar-refractivity contribution in [3.05, 3.63) is 54.2 Å². The smallest absolute Gasteiger partial charge is 0.146 e. The van der Waals surface area contributed by atoms with Gasteiger partial charge in [-0.05, 0) is 18.2 Å². The van der Waals surface area contributed by atoms with Gasteiger partial charge in [-0.2, -0.15) is 0 Å². The fourth-order valence-corrected chi connectivity index (χ4v) is 1.58. The molecule has 1 aliphatic heterocycles. The first kappa shape index (κ1) is 7.76. The molecule has 1 saturated heterocycles. The van der Waals surface area contributed by atoms with Crippen LogP contribution >= 0.6 is 0 Å². The van der Waals surface area contributed by atoms with Crippen LogP contribution < -0.4 is 0 Å². The Hall–Kier alpha value is -1.61. The quantitative estimate of drug-likeness (QED) is 0.678. The van der Waals surface area contributed by atoms with Crippen molar-refractivity contribution in [2.75, 3.05) is 0 Å². The monoisotopic (exact) mass is 187 g/mol. The molecule has 2 aromatic heterocycles. The Morgan fingerprint density at radius 1 is 1.14 bits per heavy atom. The average Bonchev–Trinajstić information content (AvgIpc) is 2.87. The van der Waals surface area contributed by atoms with Gasteiger partial charge in [0.15, 0.2) is 0 Å². The summed E-state index contributed by atoms with van der Waals surface area (Å²) in [6, 6.07) is 7.73. The highest BCUT2D eigenvalue weighted by molar-refractivity contribution is 5.22. The average molecular weight is 187 g/mol. The Balaban J connectivity index is 1.81. The summed E-state index contributed by atoms with van der Waals surface area (Å²) in [6.45, 7) is 0. The largest absolute Gasteiger partial charge is 0.466 e. The summed E-state index contributed by atoms with van der Waals surface area (Å²) in [6.07, 6.45) is 5.45. The molecule has 3 heterocycles. The number of aromatic nitrogens is 1. The molecule has 3 rings (SSSR count). The first-order valence-electron chi connectivity index (χ1n) is 4.54. The van der Waals surface area contributed by atoms with E-state index in [-0.39, 0.29) is 12.2 Å². The normalized spacial score (nSPS) is 24.9. The van der Waals surface area contributed by atoms with Gasteiger partial charge in [0, 0.05) is 18.0 Å². The number of epoxide rings is 1. The SMILES string of the molecule is c1cncc([C@H]2O[C@@H]2c2ccco2)c1. The van der Waals surface area contributed by atoms with Crippen molar-refractivity contribution in [1.29, 1.82) is 0 Å². The van der Waals surface area contributed by atoms with Crippen LogP contribution in [-0.2, 0) is 4.74 Å². The lowest BCUT2D eigenvalue weighted by Crippen LogP contribution is -1.83. The van der Waals surface area contributed by atoms with Crippen molar-refractivity contribution < 1.29 is 9.15 Å². The summed E-state index contributed by atoms with van der Waals surface area (Å²) in [7, 11) is 0. The van der Waals surface area contributed by atoms with Crippen molar-refractivity contribution in [2.45, 2.75) is 12.2 Å². The molecule has 14 heavy (non-hydrogen) atoms. The molecule has 3 heteroatoms. The van der Waals surface area contributed by atoms with Crippen LogP contribution in [0.15, 0.2) is 47.3 Å². The molecule has 2 atom stereocenters. The molecule has 0 aromatic carbocycles. The van der Waals surface area contributed by atoms with Gasteiger partial charge in [0.1, 0.15) is 18.0 Å². The molecule has 0 radical (unpaired) electrons. The highest BCUT2D eigenvalue weighted by Gasteiger charge is 2.43. The zero-order valence-electron chi connectivity index (χ0n) is 7.46. The van der Waals surface area contributed by atoms with E-state index in [1.807, 2.05) is 30.5 Å². The molecule has 0 saturated carbocycles. The molecule has 70 valence electrons. The van der Waals surface area contributed by atoms with Crippen LogP contribution in [0.1, 0.15) is 23.5 Å². The van der Waals surface area contributed by atoms with Crippen molar-refractivity contribution >= 4 is 0 Å². The number of ether oxygens (including phenoxy) is 1. The van der Waals surface area contributed by atoms with E-state index in [1.165, 1.54) is 0 Å². The Bertz CT molecular complexity index is 410. The standard InChI is InChI=1S/C11H9NO2/c1-3-8(7-12-5-1)10-11(14-10)9-4-2-6-13-9/h1-7,10-11H/t10-,11-/m1/s1. The fraction of sp³-hybridized carbons (Fsp3) is 0.182. The zero-order chi connectivity index (χ0) is 9.38.